The van der Waals surface area contributed by atoms with E-state index in [0.717, 1.165) is 0 Å². The second-order valence-corrected chi connectivity index (χ2v) is 6.67. The number of hydrogen-bond donors (Lipinski definition) is 0. The average Bonchev–Trinajstić information content (AvgIpc) is 2.62. The summed E-state index contributed by atoms with van der Waals surface area (Å²) in [6.07, 6.45) is 1.21. The van der Waals surface area contributed by atoms with Crippen LogP contribution in [-0.2, 0) is 14.8 Å². The molecule has 0 radical (unpaired) electrons. The van der Waals surface area contributed by atoms with Crippen molar-refractivity contribution in [3.63, 3.8) is 0 Å². The molecule has 2 aliphatic heterocycles. The van der Waals surface area contributed by atoms with E-state index in [1.807, 2.05) is 0 Å². The highest BCUT2D eigenvalue weighted by Crippen LogP contribution is 2.21. The molecule has 0 saturated carbocycles. The number of sulfonamides is 1. The number of carbonyl (C=O) groups excluding carboxylic acids is 1. The van der Waals surface area contributed by atoms with Gasteiger partial charge in [0.1, 0.15) is 0 Å². The minimum absolute atomic E-state index is 0.00907. The van der Waals surface area contributed by atoms with Gasteiger partial charge in [-0.2, -0.15) is 4.31 Å². The summed E-state index contributed by atoms with van der Waals surface area (Å²) >= 11 is 0. The topological polar surface area (TPSA) is 70.2 Å². The van der Waals surface area contributed by atoms with Gasteiger partial charge >= 0.3 is 6.03 Å². The lowest BCUT2D eigenvalue weighted by Crippen LogP contribution is -2.53. The molecule has 2 saturated heterocycles. The Morgan fingerprint density at radius 1 is 1.33 bits per heavy atom. The molecule has 0 aromatic carbocycles. The standard InChI is InChI=1S/C10H19N3O4S/c1-17-6-5-11-7-9-8-12(18(2,15)16)3-4-13(9)10(11)14/h9H,3-8H2,1-2H3. The van der Waals surface area contributed by atoms with Crippen molar-refractivity contribution in [2.24, 2.45) is 0 Å². The Kier molecular flexibility index (Phi) is 3.79. The molecule has 2 amide bonds. The molecule has 2 fully saturated rings. The molecule has 0 spiro atoms. The van der Waals surface area contributed by atoms with Gasteiger partial charge in [-0.15, -0.1) is 0 Å². The molecule has 0 aliphatic carbocycles. The van der Waals surface area contributed by atoms with Crippen molar-refractivity contribution in [2.75, 3.05) is 52.7 Å². The summed E-state index contributed by atoms with van der Waals surface area (Å²) in [6, 6.07) is -0.0389. The van der Waals surface area contributed by atoms with Gasteiger partial charge in [0.2, 0.25) is 10.0 Å². The van der Waals surface area contributed by atoms with Gasteiger partial charge in [0, 0.05) is 39.8 Å². The maximum Gasteiger partial charge on any atom is 0.320 e. The zero-order valence-corrected chi connectivity index (χ0v) is 11.5. The third-order valence-electron chi connectivity index (χ3n) is 3.43. The number of carbonyl (C=O) groups is 1. The van der Waals surface area contributed by atoms with Gasteiger partial charge in [0.25, 0.3) is 0 Å². The molecule has 0 aromatic rings. The Morgan fingerprint density at radius 2 is 2.06 bits per heavy atom. The highest BCUT2D eigenvalue weighted by atomic mass is 32.2. The van der Waals surface area contributed by atoms with Crippen LogP contribution in [0.4, 0.5) is 4.79 Å². The number of piperazine rings is 1. The van der Waals surface area contributed by atoms with Crippen molar-refractivity contribution in [1.82, 2.24) is 14.1 Å². The summed E-state index contributed by atoms with van der Waals surface area (Å²) in [4.78, 5) is 15.5. The average molecular weight is 277 g/mol. The highest BCUT2D eigenvalue weighted by molar-refractivity contribution is 7.88. The normalized spacial score (nSPS) is 25.7. The lowest BCUT2D eigenvalue weighted by molar-refractivity contribution is 0.149. The molecular weight excluding hydrogens is 258 g/mol. The number of ether oxygens (including phenoxy) is 1. The molecule has 2 rings (SSSR count). The van der Waals surface area contributed by atoms with Gasteiger partial charge in [-0.3, -0.25) is 0 Å². The van der Waals surface area contributed by atoms with Gasteiger partial charge in [-0.1, -0.05) is 0 Å². The van der Waals surface area contributed by atoms with Crippen molar-refractivity contribution >= 4 is 16.1 Å². The molecule has 1 atom stereocenters. The number of rotatable bonds is 4. The van der Waals surface area contributed by atoms with Crippen molar-refractivity contribution < 1.29 is 17.9 Å². The quantitative estimate of drug-likeness (QED) is 0.662. The number of amides is 2. The first-order chi connectivity index (χ1) is 8.43. The summed E-state index contributed by atoms with van der Waals surface area (Å²) in [5, 5.41) is 0. The Labute approximate surface area is 107 Å². The van der Waals surface area contributed by atoms with Crippen molar-refractivity contribution in [2.45, 2.75) is 6.04 Å². The van der Waals surface area contributed by atoms with Gasteiger partial charge in [-0.05, 0) is 0 Å². The van der Waals surface area contributed by atoms with Gasteiger partial charge in [0.05, 0.1) is 18.9 Å². The van der Waals surface area contributed by atoms with Crippen molar-refractivity contribution in [3.8, 4) is 0 Å². The zero-order valence-electron chi connectivity index (χ0n) is 10.7. The summed E-state index contributed by atoms with van der Waals surface area (Å²) in [7, 11) is -1.57. The molecule has 0 N–H and O–H groups in total. The molecule has 104 valence electrons. The Balaban J connectivity index is 2.01. The van der Waals surface area contributed by atoms with Gasteiger partial charge in [0.15, 0.2) is 0 Å². The predicted octanol–water partition coefficient (Wildman–Crippen LogP) is -0.986. The first-order valence-electron chi connectivity index (χ1n) is 5.93. The molecule has 2 aliphatic rings. The third-order valence-corrected chi connectivity index (χ3v) is 4.70. The minimum atomic E-state index is -3.16. The summed E-state index contributed by atoms with van der Waals surface area (Å²) in [6.45, 7) is 2.89. The molecule has 7 nitrogen and oxygen atoms in total. The molecule has 18 heavy (non-hydrogen) atoms. The van der Waals surface area contributed by atoms with E-state index in [0.29, 0.717) is 39.3 Å². The number of hydrogen-bond acceptors (Lipinski definition) is 4. The Morgan fingerprint density at radius 3 is 2.67 bits per heavy atom. The van der Waals surface area contributed by atoms with Crippen LogP contribution in [0.1, 0.15) is 0 Å². The van der Waals surface area contributed by atoms with E-state index < -0.39 is 10.0 Å². The number of fused-ring (bicyclic) bond motifs is 1. The lowest BCUT2D eigenvalue weighted by atomic mass is 10.2. The molecule has 1 unspecified atom stereocenters. The molecule has 2 heterocycles. The second-order valence-electron chi connectivity index (χ2n) is 4.69. The molecule has 0 bridgehead atoms. The number of nitrogens with zero attached hydrogens (tertiary/aromatic N) is 3. The second kappa shape index (κ2) is 5.02. The van der Waals surface area contributed by atoms with E-state index in [9.17, 15) is 13.2 Å². The fourth-order valence-electron chi connectivity index (χ4n) is 2.44. The van der Waals surface area contributed by atoms with Crippen LogP contribution in [-0.4, -0.2) is 87.3 Å². The first-order valence-corrected chi connectivity index (χ1v) is 7.78. The van der Waals surface area contributed by atoms with Crippen LogP contribution in [0.15, 0.2) is 0 Å². The lowest BCUT2D eigenvalue weighted by Gasteiger charge is -2.34. The van der Waals surface area contributed by atoms with E-state index in [-0.39, 0.29) is 12.1 Å². The summed E-state index contributed by atoms with van der Waals surface area (Å²) < 4.78 is 29.4. The molecule has 8 heteroatoms. The first kappa shape index (κ1) is 13.6. The maximum atomic E-state index is 12.0. The highest BCUT2D eigenvalue weighted by Gasteiger charge is 2.41. The van der Waals surface area contributed by atoms with E-state index in [1.165, 1.54) is 10.6 Å². The van der Waals surface area contributed by atoms with E-state index in [4.69, 9.17) is 4.74 Å². The summed E-state index contributed by atoms with van der Waals surface area (Å²) in [5.41, 5.74) is 0. The van der Waals surface area contributed by atoms with Crippen LogP contribution < -0.4 is 0 Å². The van der Waals surface area contributed by atoms with Crippen molar-refractivity contribution in [1.29, 1.82) is 0 Å². The van der Waals surface area contributed by atoms with Crippen LogP contribution in [0.2, 0.25) is 0 Å². The smallest absolute Gasteiger partial charge is 0.320 e. The SMILES string of the molecule is COCCN1CC2CN(S(C)(=O)=O)CCN2C1=O. The summed E-state index contributed by atoms with van der Waals surface area (Å²) in [5.74, 6) is 0. The van der Waals surface area contributed by atoms with Crippen LogP contribution in [0, 0.1) is 0 Å². The fourth-order valence-corrected chi connectivity index (χ4v) is 3.29. The van der Waals surface area contributed by atoms with E-state index >= 15 is 0 Å². The monoisotopic (exact) mass is 277 g/mol. The van der Waals surface area contributed by atoms with Crippen LogP contribution in [0.25, 0.3) is 0 Å². The number of urea groups is 1. The van der Waals surface area contributed by atoms with E-state index in [2.05, 4.69) is 0 Å². The van der Waals surface area contributed by atoms with Crippen LogP contribution in [0.3, 0.4) is 0 Å². The maximum absolute atomic E-state index is 12.0. The Bertz CT molecular complexity index is 425. The number of methoxy groups -OCH3 is 1. The zero-order chi connectivity index (χ0) is 13.3. The Hall–Kier alpha value is -0.860. The van der Waals surface area contributed by atoms with Gasteiger partial charge < -0.3 is 14.5 Å². The fraction of sp³-hybridized carbons (Fsp3) is 0.900. The van der Waals surface area contributed by atoms with Crippen LogP contribution >= 0.6 is 0 Å². The van der Waals surface area contributed by atoms with E-state index in [1.54, 1.807) is 16.9 Å². The van der Waals surface area contributed by atoms with Gasteiger partial charge in [-0.25, -0.2) is 13.2 Å². The largest absolute Gasteiger partial charge is 0.383 e. The van der Waals surface area contributed by atoms with Crippen LogP contribution in [0.5, 0.6) is 0 Å². The molecular formula is C10H19N3O4S. The molecule has 0 aromatic heterocycles. The van der Waals surface area contributed by atoms with Crippen molar-refractivity contribution in [3.05, 3.63) is 0 Å². The predicted molar refractivity (Wildman–Crippen MR) is 65.8 cm³/mol. The minimum Gasteiger partial charge on any atom is -0.383 e. The third kappa shape index (κ3) is 2.60.